The lowest BCUT2D eigenvalue weighted by Crippen LogP contribution is -2.64. The monoisotopic (exact) mass is 808 g/mol. The summed E-state index contributed by atoms with van der Waals surface area (Å²) in [6, 6.07) is 2.06. The van der Waals surface area contributed by atoms with Crippen LogP contribution in [0.3, 0.4) is 0 Å². The van der Waals surface area contributed by atoms with Crippen molar-refractivity contribution in [3.05, 3.63) is 71.4 Å². The molecular formula is C41H60O16. The van der Waals surface area contributed by atoms with E-state index in [2.05, 4.69) is 6.92 Å². The summed E-state index contributed by atoms with van der Waals surface area (Å²) in [5.41, 5.74) is -0.208. The molecule has 0 amide bonds. The zero-order valence-corrected chi connectivity index (χ0v) is 32.9. The summed E-state index contributed by atoms with van der Waals surface area (Å²) in [5.74, 6) is -2.70. The lowest BCUT2D eigenvalue weighted by molar-refractivity contribution is -0.343. The molecule has 2 aliphatic rings. The molecule has 1 aromatic carbocycles. The number of carbonyl (C=O) groups excluding carboxylic acids is 2. The summed E-state index contributed by atoms with van der Waals surface area (Å²) in [6.07, 6.45) is -1.90. The molecule has 0 spiro atoms. The van der Waals surface area contributed by atoms with Gasteiger partial charge in [0.1, 0.15) is 66.9 Å². The van der Waals surface area contributed by atoms with Crippen molar-refractivity contribution in [2.45, 2.75) is 140 Å². The number of aromatic hydroxyl groups is 2. The fourth-order valence-electron chi connectivity index (χ4n) is 6.33. The number of hydrogen-bond acceptors (Lipinski definition) is 16. The number of aliphatic hydroxyl groups excluding tert-OH is 7. The van der Waals surface area contributed by atoms with Crippen LogP contribution in [0.1, 0.15) is 83.5 Å². The highest BCUT2D eigenvalue weighted by atomic mass is 16.7. The molecule has 2 saturated heterocycles. The van der Waals surface area contributed by atoms with Crippen molar-refractivity contribution in [1.82, 2.24) is 0 Å². The maximum Gasteiger partial charge on any atom is 0.334 e. The Morgan fingerprint density at radius 1 is 0.895 bits per heavy atom. The van der Waals surface area contributed by atoms with E-state index in [0.29, 0.717) is 6.42 Å². The average molecular weight is 809 g/mol. The smallest absolute Gasteiger partial charge is 0.334 e. The van der Waals surface area contributed by atoms with Crippen molar-refractivity contribution in [2.75, 3.05) is 13.2 Å². The van der Waals surface area contributed by atoms with Crippen LogP contribution >= 0.6 is 0 Å². The first kappa shape index (κ1) is 47.7. The third kappa shape index (κ3) is 13.4. The van der Waals surface area contributed by atoms with Gasteiger partial charge in [0, 0.05) is 23.3 Å². The Balaban J connectivity index is 1.89. The first-order valence-corrected chi connectivity index (χ1v) is 19.4. The highest BCUT2D eigenvalue weighted by Gasteiger charge is 2.53. The number of unbranched alkanes of at least 4 members (excludes halogenated alkanes) is 3. The number of phenols is 2. The van der Waals surface area contributed by atoms with Crippen molar-refractivity contribution in [3.8, 4) is 11.5 Å². The Morgan fingerprint density at radius 2 is 1.63 bits per heavy atom. The highest BCUT2D eigenvalue weighted by molar-refractivity contribution is 5.88. The quantitative estimate of drug-likeness (QED) is 0.0395. The summed E-state index contributed by atoms with van der Waals surface area (Å²) in [5, 5.41) is 95.7. The lowest BCUT2D eigenvalue weighted by atomic mass is 9.88. The van der Waals surface area contributed by atoms with Gasteiger partial charge in [0.2, 0.25) is 0 Å². The van der Waals surface area contributed by atoms with Crippen LogP contribution in [-0.2, 0) is 39.9 Å². The molecule has 16 nitrogen and oxygen atoms in total. The van der Waals surface area contributed by atoms with Crippen LogP contribution in [0.15, 0.2) is 60.2 Å². The summed E-state index contributed by atoms with van der Waals surface area (Å²) in [7, 11) is 0. The summed E-state index contributed by atoms with van der Waals surface area (Å²) in [6.45, 7) is 5.21. The van der Waals surface area contributed by atoms with E-state index in [9.17, 15) is 55.5 Å². The normalized spacial score (nSPS) is 29.6. The van der Waals surface area contributed by atoms with E-state index in [4.69, 9.17) is 23.7 Å². The minimum absolute atomic E-state index is 0.0396. The predicted octanol–water partition coefficient (Wildman–Crippen LogP) is 2.02. The third-order valence-electron chi connectivity index (χ3n) is 10.1. The van der Waals surface area contributed by atoms with Crippen molar-refractivity contribution in [2.24, 2.45) is 5.92 Å². The van der Waals surface area contributed by atoms with Gasteiger partial charge < -0.3 is 69.6 Å². The van der Waals surface area contributed by atoms with Gasteiger partial charge in [-0.3, -0.25) is 0 Å². The molecule has 9 N–H and O–H groups in total. The van der Waals surface area contributed by atoms with E-state index in [1.54, 1.807) is 18.2 Å². The molecule has 2 heterocycles. The second-order valence-corrected chi connectivity index (χ2v) is 14.3. The Hall–Kier alpha value is -3.68. The van der Waals surface area contributed by atoms with Crippen LogP contribution in [0.4, 0.5) is 0 Å². The fourth-order valence-corrected chi connectivity index (χ4v) is 6.33. The molecule has 16 heteroatoms. The van der Waals surface area contributed by atoms with Crippen molar-refractivity contribution >= 4 is 11.9 Å². The van der Waals surface area contributed by atoms with Crippen LogP contribution < -0.4 is 0 Å². The number of allylic oxidation sites excluding steroid dienone is 5. The van der Waals surface area contributed by atoms with Crippen molar-refractivity contribution in [1.29, 1.82) is 0 Å². The number of rotatable bonds is 20. The second-order valence-electron chi connectivity index (χ2n) is 14.3. The fraction of sp³-hybridized carbons (Fsp3) is 0.610. The molecule has 12 atom stereocenters. The van der Waals surface area contributed by atoms with E-state index < -0.39 is 111 Å². The molecule has 0 aromatic heterocycles. The first-order chi connectivity index (χ1) is 27.2. The van der Waals surface area contributed by atoms with Gasteiger partial charge in [0.25, 0.3) is 0 Å². The number of aliphatic hydroxyl groups is 7. The van der Waals surface area contributed by atoms with Gasteiger partial charge in [0.15, 0.2) is 12.4 Å². The average Bonchev–Trinajstić information content (AvgIpc) is 3.19. The summed E-state index contributed by atoms with van der Waals surface area (Å²) >= 11 is 0. The summed E-state index contributed by atoms with van der Waals surface area (Å²) < 4.78 is 28.6. The molecule has 2 fully saturated rings. The molecular weight excluding hydrogens is 748 g/mol. The van der Waals surface area contributed by atoms with Crippen LogP contribution in [0.5, 0.6) is 11.5 Å². The van der Waals surface area contributed by atoms with E-state index in [0.717, 1.165) is 50.3 Å². The largest absolute Gasteiger partial charge is 0.508 e. The minimum Gasteiger partial charge on any atom is -0.508 e. The van der Waals surface area contributed by atoms with Gasteiger partial charge in [-0.25, -0.2) is 9.59 Å². The first-order valence-electron chi connectivity index (χ1n) is 19.4. The molecule has 2 aliphatic heterocycles. The van der Waals surface area contributed by atoms with E-state index in [-0.39, 0.29) is 22.6 Å². The number of phenolic OH excluding ortho intramolecular Hbond substituents is 2. The zero-order valence-electron chi connectivity index (χ0n) is 32.9. The molecule has 0 unspecified atom stereocenters. The van der Waals surface area contributed by atoms with Crippen LogP contribution in [0.25, 0.3) is 0 Å². The molecule has 1 aromatic rings. The SMILES string of the molecule is CCCCC/C=C\C=C\C(=O)OC[C@H]1O[C@@H](O[C@H]2[C@H](OC(=O)/C(C)=C/C=C/C[C@@H](O)[C@@H](C)CC)[C@@H](O)[C@H](c3c(O)cc(O)cc3CO)O[C@@H]2CO)[C@H](O)[C@@H](O)[C@H]1O. The Morgan fingerprint density at radius 3 is 2.30 bits per heavy atom. The highest BCUT2D eigenvalue weighted by Crippen LogP contribution is 2.42. The van der Waals surface area contributed by atoms with Crippen LogP contribution in [0, 0.1) is 5.92 Å². The number of esters is 2. The Bertz CT molecular complexity index is 1540. The summed E-state index contributed by atoms with van der Waals surface area (Å²) in [4.78, 5) is 25.9. The lowest BCUT2D eigenvalue weighted by Gasteiger charge is -2.47. The van der Waals surface area contributed by atoms with Gasteiger partial charge in [-0.15, -0.1) is 0 Å². The van der Waals surface area contributed by atoms with Crippen molar-refractivity contribution in [3.63, 3.8) is 0 Å². The van der Waals surface area contributed by atoms with Gasteiger partial charge in [-0.1, -0.05) is 76.5 Å². The van der Waals surface area contributed by atoms with E-state index >= 15 is 0 Å². The second kappa shape index (κ2) is 23.7. The maximum absolute atomic E-state index is 13.5. The molecule has 320 valence electrons. The predicted molar refractivity (Wildman–Crippen MR) is 204 cm³/mol. The third-order valence-corrected chi connectivity index (χ3v) is 10.1. The molecule has 0 saturated carbocycles. The topological polar surface area (TPSA) is 262 Å². The molecule has 0 radical (unpaired) electrons. The van der Waals surface area contributed by atoms with Gasteiger partial charge >= 0.3 is 11.9 Å². The van der Waals surface area contributed by atoms with Gasteiger partial charge in [-0.05, 0) is 43.7 Å². The Kier molecular flexibility index (Phi) is 19.8. The van der Waals surface area contributed by atoms with E-state index in [1.807, 2.05) is 19.9 Å². The zero-order chi connectivity index (χ0) is 42.2. The maximum atomic E-state index is 13.5. The minimum atomic E-state index is -1.95. The van der Waals surface area contributed by atoms with Crippen LogP contribution in [0.2, 0.25) is 0 Å². The number of benzene rings is 1. The Labute approximate surface area is 332 Å². The molecule has 3 rings (SSSR count). The van der Waals surface area contributed by atoms with Gasteiger partial charge in [-0.2, -0.15) is 0 Å². The molecule has 0 aliphatic carbocycles. The van der Waals surface area contributed by atoms with Crippen LogP contribution in [-0.4, -0.2) is 132 Å². The number of carbonyl (C=O) groups is 2. The molecule has 57 heavy (non-hydrogen) atoms. The number of hydrogen-bond donors (Lipinski definition) is 9. The standard InChI is InChI=1S/C41H60O16/c1-5-7-8-9-10-11-12-17-31(47)53-22-30-33(48)34(49)35(50)41(55-30)57-37-29(21-43)54-38(32-25(20-42)18-26(44)19-28(32)46)36(51)39(37)56-40(52)24(4)15-13-14-16-27(45)23(3)6-2/h10-15,17-19,23,27,29-30,33-39,41-46,48-51H,5-9,16,20-22H2,1-4H3/b11-10-,14-13+,17-12+,24-15+/t23-,27+,29+,30+,33-,34-,35+,36-,37+,38-,39+,41-/m0/s1. The number of ether oxygens (including phenoxy) is 5. The van der Waals surface area contributed by atoms with Crippen molar-refractivity contribution < 1.29 is 79.2 Å². The van der Waals surface area contributed by atoms with Gasteiger partial charge in [0.05, 0.1) is 19.3 Å². The molecule has 0 bridgehead atoms. The van der Waals surface area contributed by atoms with E-state index in [1.165, 1.54) is 19.1 Å².